The minimum absolute atomic E-state index is 0.0649. The van der Waals surface area contributed by atoms with E-state index in [0.29, 0.717) is 24.4 Å². The van der Waals surface area contributed by atoms with E-state index in [2.05, 4.69) is 12.0 Å². The molecule has 2 N–H and O–H groups in total. The van der Waals surface area contributed by atoms with Crippen LogP contribution in [-0.4, -0.2) is 29.2 Å². The van der Waals surface area contributed by atoms with Crippen LogP contribution in [0.5, 0.6) is 5.75 Å². The van der Waals surface area contributed by atoms with E-state index in [1.807, 2.05) is 6.92 Å². The van der Waals surface area contributed by atoms with Gasteiger partial charge in [-0.1, -0.05) is 20.3 Å². The van der Waals surface area contributed by atoms with E-state index in [1.165, 1.54) is 0 Å². The Morgan fingerprint density at radius 1 is 1.56 bits per heavy atom. The van der Waals surface area contributed by atoms with Crippen molar-refractivity contribution in [1.82, 2.24) is 9.78 Å². The molecule has 102 valence electrons. The Hall–Kier alpha value is -1.36. The third kappa shape index (κ3) is 3.32. The molecule has 0 amide bonds. The number of methoxy groups -OCH3 is 1. The van der Waals surface area contributed by atoms with Gasteiger partial charge in [-0.3, -0.25) is 9.48 Å². The van der Waals surface area contributed by atoms with Gasteiger partial charge in [-0.05, 0) is 18.9 Å². The lowest BCUT2D eigenvalue weighted by molar-refractivity contribution is 0.0947. The van der Waals surface area contributed by atoms with Gasteiger partial charge in [0.25, 0.3) is 0 Å². The van der Waals surface area contributed by atoms with Gasteiger partial charge >= 0.3 is 0 Å². The van der Waals surface area contributed by atoms with Gasteiger partial charge in [-0.2, -0.15) is 5.10 Å². The predicted molar refractivity (Wildman–Crippen MR) is 70.9 cm³/mol. The van der Waals surface area contributed by atoms with Crippen LogP contribution >= 0.6 is 0 Å². The summed E-state index contributed by atoms with van der Waals surface area (Å²) in [7, 11) is 1.56. The fourth-order valence-electron chi connectivity index (χ4n) is 1.93. The molecule has 5 heteroatoms. The minimum atomic E-state index is 0.0649. The quantitative estimate of drug-likeness (QED) is 0.718. The number of carbonyl (C=O) groups is 1. The summed E-state index contributed by atoms with van der Waals surface area (Å²) in [5.74, 6) is 0.850. The molecule has 0 aliphatic rings. The Labute approximate surface area is 108 Å². The van der Waals surface area contributed by atoms with Crippen LogP contribution in [0.1, 0.15) is 43.6 Å². The Kier molecular flexibility index (Phi) is 5.85. The molecule has 5 nitrogen and oxygen atoms in total. The molecular weight excluding hydrogens is 230 g/mol. The van der Waals surface area contributed by atoms with E-state index in [4.69, 9.17) is 10.5 Å². The van der Waals surface area contributed by atoms with Crippen LogP contribution in [0.25, 0.3) is 0 Å². The van der Waals surface area contributed by atoms with Crippen molar-refractivity contribution >= 4 is 5.78 Å². The highest BCUT2D eigenvalue weighted by Crippen LogP contribution is 2.22. The van der Waals surface area contributed by atoms with Crippen molar-refractivity contribution in [3.05, 3.63) is 11.9 Å². The molecular formula is C13H23N3O2. The van der Waals surface area contributed by atoms with Crippen LogP contribution in [0, 0.1) is 5.92 Å². The molecule has 1 unspecified atom stereocenters. The number of ether oxygens (including phenoxy) is 1. The van der Waals surface area contributed by atoms with Crippen LogP contribution in [0.15, 0.2) is 6.20 Å². The standard InChI is InChI=1S/C13H23N3O2/c1-4-6-16-13(12(18-3)9-15-16)11(17)7-10(5-2)8-14/h9-10H,4-8,14H2,1-3H3. The number of carbonyl (C=O) groups excluding carboxylic acids is 1. The number of ketones is 1. The van der Waals surface area contributed by atoms with E-state index in [-0.39, 0.29) is 11.7 Å². The number of nitrogens with zero attached hydrogens (tertiary/aromatic N) is 2. The number of nitrogens with two attached hydrogens (primary N) is 1. The van der Waals surface area contributed by atoms with Gasteiger partial charge in [0, 0.05) is 13.0 Å². The number of aryl methyl sites for hydroxylation is 1. The summed E-state index contributed by atoms with van der Waals surface area (Å²) in [6.45, 7) is 5.36. The number of hydrogen-bond acceptors (Lipinski definition) is 4. The van der Waals surface area contributed by atoms with Crippen molar-refractivity contribution in [3.63, 3.8) is 0 Å². The van der Waals surface area contributed by atoms with Crippen LogP contribution in [0.4, 0.5) is 0 Å². The SMILES string of the molecule is CCCn1ncc(OC)c1C(=O)CC(CC)CN. The van der Waals surface area contributed by atoms with Crippen molar-refractivity contribution in [3.8, 4) is 5.75 Å². The summed E-state index contributed by atoms with van der Waals surface area (Å²) in [5.41, 5.74) is 6.22. The zero-order valence-electron chi connectivity index (χ0n) is 11.5. The van der Waals surface area contributed by atoms with Gasteiger partial charge in [0.1, 0.15) is 5.69 Å². The van der Waals surface area contributed by atoms with Crippen molar-refractivity contribution in [2.24, 2.45) is 11.7 Å². The number of rotatable bonds is 8. The maximum atomic E-state index is 12.3. The second kappa shape index (κ2) is 7.16. The second-order valence-corrected chi connectivity index (χ2v) is 4.42. The summed E-state index contributed by atoms with van der Waals surface area (Å²) >= 11 is 0. The van der Waals surface area contributed by atoms with Crippen molar-refractivity contribution < 1.29 is 9.53 Å². The first kappa shape index (κ1) is 14.7. The molecule has 0 aliphatic carbocycles. The van der Waals surface area contributed by atoms with Gasteiger partial charge in [0.05, 0.1) is 13.3 Å². The first-order valence-electron chi connectivity index (χ1n) is 6.50. The van der Waals surface area contributed by atoms with E-state index in [9.17, 15) is 4.79 Å². The summed E-state index contributed by atoms with van der Waals surface area (Å²) in [5, 5.41) is 4.20. The molecule has 18 heavy (non-hydrogen) atoms. The highest BCUT2D eigenvalue weighted by Gasteiger charge is 2.21. The first-order valence-corrected chi connectivity index (χ1v) is 6.50. The third-order valence-corrected chi connectivity index (χ3v) is 3.11. The molecule has 1 aromatic heterocycles. The number of hydrogen-bond donors (Lipinski definition) is 1. The van der Waals surface area contributed by atoms with E-state index in [1.54, 1.807) is 18.0 Å². The van der Waals surface area contributed by atoms with Gasteiger partial charge in [0.15, 0.2) is 11.5 Å². The van der Waals surface area contributed by atoms with Gasteiger partial charge in [-0.15, -0.1) is 0 Å². The largest absolute Gasteiger partial charge is 0.493 e. The average molecular weight is 253 g/mol. The summed E-state index contributed by atoms with van der Waals surface area (Å²) in [4.78, 5) is 12.3. The molecule has 1 heterocycles. The first-order chi connectivity index (χ1) is 8.67. The zero-order chi connectivity index (χ0) is 13.5. The van der Waals surface area contributed by atoms with Gasteiger partial charge in [0.2, 0.25) is 0 Å². The third-order valence-electron chi connectivity index (χ3n) is 3.11. The highest BCUT2D eigenvalue weighted by molar-refractivity contribution is 5.97. The van der Waals surface area contributed by atoms with Crippen molar-refractivity contribution in [1.29, 1.82) is 0 Å². The van der Waals surface area contributed by atoms with Crippen molar-refractivity contribution in [2.75, 3.05) is 13.7 Å². The normalized spacial score (nSPS) is 12.4. The number of aromatic nitrogens is 2. The molecule has 0 saturated heterocycles. The zero-order valence-corrected chi connectivity index (χ0v) is 11.5. The second-order valence-electron chi connectivity index (χ2n) is 4.42. The van der Waals surface area contributed by atoms with Crippen LogP contribution in [0.2, 0.25) is 0 Å². The fraction of sp³-hybridized carbons (Fsp3) is 0.692. The Balaban J connectivity index is 2.91. The molecule has 1 rings (SSSR count). The Bertz CT molecular complexity index is 384. The lowest BCUT2D eigenvalue weighted by Gasteiger charge is -2.12. The summed E-state index contributed by atoms with van der Waals surface area (Å²) < 4.78 is 6.93. The Morgan fingerprint density at radius 2 is 2.28 bits per heavy atom. The molecule has 0 spiro atoms. The Morgan fingerprint density at radius 3 is 2.78 bits per heavy atom. The number of Topliss-reactive ketones (excluding diaryl/α,β-unsaturated/α-hetero) is 1. The molecule has 1 atom stereocenters. The van der Waals surface area contributed by atoms with Crippen molar-refractivity contribution in [2.45, 2.75) is 39.7 Å². The smallest absolute Gasteiger partial charge is 0.184 e. The highest BCUT2D eigenvalue weighted by atomic mass is 16.5. The fourth-order valence-corrected chi connectivity index (χ4v) is 1.93. The molecule has 0 bridgehead atoms. The molecule has 0 radical (unpaired) electrons. The molecule has 0 saturated carbocycles. The minimum Gasteiger partial charge on any atom is -0.493 e. The lowest BCUT2D eigenvalue weighted by atomic mass is 9.98. The maximum Gasteiger partial charge on any atom is 0.184 e. The molecule has 0 aromatic carbocycles. The van der Waals surface area contributed by atoms with Crippen LogP contribution < -0.4 is 10.5 Å². The average Bonchev–Trinajstić information content (AvgIpc) is 2.79. The molecule has 0 aliphatic heterocycles. The van der Waals surface area contributed by atoms with Crippen LogP contribution in [0.3, 0.4) is 0 Å². The summed E-state index contributed by atoms with van der Waals surface area (Å²) in [6, 6.07) is 0. The van der Waals surface area contributed by atoms with E-state index >= 15 is 0 Å². The topological polar surface area (TPSA) is 70.1 Å². The van der Waals surface area contributed by atoms with Gasteiger partial charge < -0.3 is 10.5 Å². The molecule has 0 fully saturated rings. The van der Waals surface area contributed by atoms with Gasteiger partial charge in [-0.25, -0.2) is 0 Å². The van der Waals surface area contributed by atoms with E-state index in [0.717, 1.165) is 19.4 Å². The summed E-state index contributed by atoms with van der Waals surface area (Å²) in [6.07, 6.45) is 3.90. The van der Waals surface area contributed by atoms with Crippen LogP contribution in [-0.2, 0) is 6.54 Å². The lowest BCUT2D eigenvalue weighted by Crippen LogP contribution is -2.20. The van der Waals surface area contributed by atoms with E-state index < -0.39 is 0 Å². The molecule has 1 aromatic rings. The monoisotopic (exact) mass is 253 g/mol. The predicted octanol–water partition coefficient (Wildman–Crippen LogP) is 1.86. The maximum absolute atomic E-state index is 12.3.